The van der Waals surface area contributed by atoms with E-state index in [1.54, 1.807) is 24.0 Å². The molecule has 0 radical (unpaired) electrons. The first-order chi connectivity index (χ1) is 10.6. The first-order valence-corrected chi connectivity index (χ1v) is 7.46. The first-order valence-electron chi connectivity index (χ1n) is 7.09. The predicted octanol–water partition coefficient (Wildman–Crippen LogP) is 2.43. The van der Waals surface area contributed by atoms with Crippen LogP contribution in [0.2, 0.25) is 5.02 Å². The van der Waals surface area contributed by atoms with Crippen molar-refractivity contribution in [2.45, 2.75) is 19.3 Å². The molecular weight excluding hydrogens is 306 g/mol. The highest BCUT2D eigenvalue weighted by molar-refractivity contribution is 6.32. The number of ether oxygens (including phenoxy) is 1. The molecule has 1 aliphatic rings. The molecule has 1 aliphatic heterocycles. The summed E-state index contributed by atoms with van der Waals surface area (Å²) in [5, 5.41) is 4.28. The second kappa shape index (κ2) is 6.36. The third-order valence-electron chi connectivity index (χ3n) is 3.62. The van der Waals surface area contributed by atoms with Crippen LogP contribution < -0.4 is 4.74 Å². The number of halogens is 1. The smallest absolute Gasteiger partial charge is 0.260 e. The zero-order chi connectivity index (χ0) is 15.5. The van der Waals surface area contributed by atoms with Gasteiger partial charge < -0.3 is 14.2 Å². The lowest BCUT2D eigenvalue weighted by molar-refractivity contribution is -0.132. The van der Waals surface area contributed by atoms with E-state index >= 15 is 0 Å². The average Bonchev–Trinajstić information content (AvgIpc) is 3.15. The molecule has 2 heterocycles. The Bertz CT molecular complexity index is 674. The molecule has 7 heteroatoms. The van der Waals surface area contributed by atoms with Crippen LogP contribution in [0.25, 0.3) is 0 Å². The Morgan fingerprint density at radius 2 is 2.32 bits per heavy atom. The van der Waals surface area contributed by atoms with Crippen molar-refractivity contribution in [2.24, 2.45) is 0 Å². The lowest BCUT2D eigenvalue weighted by atomic mass is 10.1. The number of para-hydroxylation sites is 1. The molecule has 116 valence electrons. The van der Waals surface area contributed by atoms with E-state index in [9.17, 15) is 4.79 Å². The number of hydrogen-bond donors (Lipinski definition) is 0. The zero-order valence-electron chi connectivity index (χ0n) is 12.2. The number of likely N-dealkylation sites (tertiary alicyclic amines) is 1. The van der Waals surface area contributed by atoms with Gasteiger partial charge in [-0.15, -0.1) is 0 Å². The van der Waals surface area contributed by atoms with Gasteiger partial charge in [0.25, 0.3) is 5.91 Å². The lowest BCUT2D eigenvalue weighted by Crippen LogP contribution is -2.32. The van der Waals surface area contributed by atoms with Gasteiger partial charge in [-0.05, 0) is 25.5 Å². The minimum atomic E-state index is -0.0707. The molecule has 0 saturated carbocycles. The second-order valence-corrected chi connectivity index (χ2v) is 5.63. The number of nitrogens with zero attached hydrogens (tertiary/aromatic N) is 3. The molecule has 1 atom stereocenters. The van der Waals surface area contributed by atoms with Crippen LogP contribution in [0.3, 0.4) is 0 Å². The van der Waals surface area contributed by atoms with E-state index in [2.05, 4.69) is 10.1 Å². The van der Waals surface area contributed by atoms with Gasteiger partial charge in [0, 0.05) is 13.1 Å². The van der Waals surface area contributed by atoms with Crippen molar-refractivity contribution in [3.05, 3.63) is 41.0 Å². The van der Waals surface area contributed by atoms with Crippen molar-refractivity contribution in [1.29, 1.82) is 0 Å². The third-order valence-corrected chi connectivity index (χ3v) is 3.93. The number of benzene rings is 1. The van der Waals surface area contributed by atoms with Crippen molar-refractivity contribution in [3.63, 3.8) is 0 Å². The molecule has 1 aromatic carbocycles. The van der Waals surface area contributed by atoms with Crippen LogP contribution >= 0.6 is 11.6 Å². The second-order valence-electron chi connectivity index (χ2n) is 5.22. The molecule has 0 bridgehead atoms. The molecule has 0 N–H and O–H groups in total. The topological polar surface area (TPSA) is 68.5 Å². The average molecular weight is 322 g/mol. The summed E-state index contributed by atoms with van der Waals surface area (Å²) in [4.78, 5) is 18.2. The molecule has 2 aromatic rings. The zero-order valence-corrected chi connectivity index (χ0v) is 12.9. The van der Waals surface area contributed by atoms with Gasteiger partial charge in [0.2, 0.25) is 5.89 Å². The van der Waals surface area contributed by atoms with E-state index in [4.69, 9.17) is 20.9 Å². The van der Waals surface area contributed by atoms with Gasteiger partial charge >= 0.3 is 0 Å². The van der Waals surface area contributed by atoms with E-state index in [-0.39, 0.29) is 18.4 Å². The fourth-order valence-corrected chi connectivity index (χ4v) is 2.65. The number of rotatable bonds is 4. The molecule has 22 heavy (non-hydrogen) atoms. The van der Waals surface area contributed by atoms with Gasteiger partial charge in [-0.1, -0.05) is 28.9 Å². The molecule has 6 nitrogen and oxygen atoms in total. The minimum Gasteiger partial charge on any atom is -0.482 e. The van der Waals surface area contributed by atoms with Crippen molar-refractivity contribution in [1.82, 2.24) is 15.0 Å². The van der Waals surface area contributed by atoms with Gasteiger partial charge in [0.05, 0.1) is 10.9 Å². The summed E-state index contributed by atoms with van der Waals surface area (Å²) >= 11 is 6.00. The Balaban J connectivity index is 1.54. The van der Waals surface area contributed by atoms with E-state index in [1.807, 2.05) is 12.1 Å². The number of carbonyl (C=O) groups excluding carboxylic acids is 1. The van der Waals surface area contributed by atoms with Crippen molar-refractivity contribution < 1.29 is 14.1 Å². The summed E-state index contributed by atoms with van der Waals surface area (Å²) in [6.45, 7) is 2.99. The molecule has 0 spiro atoms. The van der Waals surface area contributed by atoms with Crippen LogP contribution in [0.15, 0.2) is 28.8 Å². The highest BCUT2D eigenvalue weighted by Crippen LogP contribution is 2.27. The van der Waals surface area contributed by atoms with Crippen LogP contribution in [-0.2, 0) is 4.79 Å². The number of hydrogen-bond acceptors (Lipinski definition) is 5. The van der Waals surface area contributed by atoms with E-state index in [1.165, 1.54) is 0 Å². The molecule has 1 aromatic heterocycles. The molecule has 0 aliphatic carbocycles. The molecular formula is C15H16ClN3O3. The summed E-state index contributed by atoms with van der Waals surface area (Å²) in [5.41, 5.74) is 0. The highest BCUT2D eigenvalue weighted by Gasteiger charge is 2.31. The number of aryl methyl sites for hydroxylation is 1. The number of aromatic nitrogens is 2. The summed E-state index contributed by atoms with van der Waals surface area (Å²) in [6.07, 6.45) is 0.819. The SMILES string of the molecule is Cc1noc([C@H]2CCN(C(=O)COc3ccccc3Cl)C2)n1. The van der Waals surface area contributed by atoms with Gasteiger partial charge in [-0.2, -0.15) is 4.98 Å². The normalized spacial score (nSPS) is 17.7. The Morgan fingerprint density at radius 1 is 1.50 bits per heavy atom. The van der Waals surface area contributed by atoms with Crippen LogP contribution in [0, 0.1) is 6.92 Å². The maximum absolute atomic E-state index is 12.2. The quantitative estimate of drug-likeness (QED) is 0.865. The third kappa shape index (κ3) is 3.22. The summed E-state index contributed by atoms with van der Waals surface area (Å²) in [6, 6.07) is 7.10. The van der Waals surface area contributed by atoms with Crippen LogP contribution in [0.1, 0.15) is 24.1 Å². The monoisotopic (exact) mass is 321 g/mol. The fourth-order valence-electron chi connectivity index (χ4n) is 2.46. The number of carbonyl (C=O) groups is 1. The summed E-state index contributed by atoms with van der Waals surface area (Å²) < 4.78 is 10.7. The minimum absolute atomic E-state index is 0.0285. The lowest BCUT2D eigenvalue weighted by Gasteiger charge is -2.16. The molecule has 1 fully saturated rings. The predicted molar refractivity (Wildman–Crippen MR) is 79.9 cm³/mol. The Morgan fingerprint density at radius 3 is 3.05 bits per heavy atom. The van der Waals surface area contributed by atoms with Gasteiger partial charge in [-0.25, -0.2) is 0 Å². The van der Waals surface area contributed by atoms with Crippen LogP contribution in [-0.4, -0.2) is 40.6 Å². The highest BCUT2D eigenvalue weighted by atomic mass is 35.5. The summed E-state index contributed by atoms with van der Waals surface area (Å²) in [7, 11) is 0. The van der Waals surface area contributed by atoms with E-state index < -0.39 is 0 Å². The standard InChI is InChI=1S/C15H16ClN3O3/c1-10-17-15(22-18-10)11-6-7-19(8-11)14(20)9-21-13-5-3-2-4-12(13)16/h2-5,11H,6-9H2,1H3/t11-/m0/s1. The first kappa shape index (κ1) is 14.8. The molecule has 0 unspecified atom stereocenters. The number of amides is 1. The largest absolute Gasteiger partial charge is 0.482 e. The molecule has 1 saturated heterocycles. The van der Waals surface area contributed by atoms with E-state index in [0.29, 0.717) is 35.6 Å². The Labute approximate surface area is 133 Å². The summed E-state index contributed by atoms with van der Waals surface area (Å²) in [5.74, 6) is 1.76. The van der Waals surface area contributed by atoms with Gasteiger partial charge in [0.15, 0.2) is 12.4 Å². The van der Waals surface area contributed by atoms with Crippen molar-refractivity contribution >= 4 is 17.5 Å². The van der Waals surface area contributed by atoms with Crippen molar-refractivity contribution in [2.75, 3.05) is 19.7 Å². The maximum Gasteiger partial charge on any atom is 0.260 e. The molecule has 3 rings (SSSR count). The van der Waals surface area contributed by atoms with Gasteiger partial charge in [0.1, 0.15) is 5.75 Å². The fraction of sp³-hybridized carbons (Fsp3) is 0.400. The van der Waals surface area contributed by atoms with Crippen LogP contribution in [0.4, 0.5) is 0 Å². The Hall–Kier alpha value is -2.08. The molecule has 1 amide bonds. The van der Waals surface area contributed by atoms with Gasteiger partial charge in [-0.3, -0.25) is 4.79 Å². The van der Waals surface area contributed by atoms with E-state index in [0.717, 1.165) is 6.42 Å². The maximum atomic E-state index is 12.2. The van der Waals surface area contributed by atoms with Crippen LogP contribution in [0.5, 0.6) is 5.75 Å². The Kier molecular flexibility index (Phi) is 4.29. The van der Waals surface area contributed by atoms with Crippen molar-refractivity contribution in [3.8, 4) is 5.75 Å².